The minimum Gasteiger partial charge on any atom is -0.333 e. The lowest BCUT2D eigenvalue weighted by molar-refractivity contribution is 0.515. The Hall–Kier alpha value is -1.38. The van der Waals surface area contributed by atoms with Crippen LogP contribution in [0.25, 0.3) is 0 Å². The molecule has 0 bridgehead atoms. The molecule has 0 fully saturated rings. The van der Waals surface area contributed by atoms with Gasteiger partial charge in [-0.15, -0.1) is 0 Å². The normalized spacial score (nSPS) is 15.0. The second-order valence-corrected chi connectivity index (χ2v) is 2.32. The average molecular weight is 179 g/mol. The molecule has 3 nitrogen and oxygen atoms in total. The highest BCUT2D eigenvalue weighted by Gasteiger charge is 1.97. The fraction of sp³-hybridized carbons (Fsp3) is 0.400. The summed E-state index contributed by atoms with van der Waals surface area (Å²) in [6, 6.07) is 0. The summed E-state index contributed by atoms with van der Waals surface area (Å²) < 4.78 is 0. The van der Waals surface area contributed by atoms with Crippen molar-refractivity contribution in [2.24, 2.45) is 9.98 Å². The van der Waals surface area contributed by atoms with E-state index in [4.69, 9.17) is 0 Å². The molecule has 1 heterocycles. The fourth-order valence-corrected chi connectivity index (χ4v) is 0.838. The van der Waals surface area contributed by atoms with Gasteiger partial charge in [-0.25, -0.2) is 0 Å². The van der Waals surface area contributed by atoms with Crippen molar-refractivity contribution in [3.8, 4) is 0 Å². The molecule has 13 heavy (non-hydrogen) atoms. The zero-order chi connectivity index (χ0) is 10.1. The van der Waals surface area contributed by atoms with Gasteiger partial charge in [-0.05, 0) is 19.2 Å². The van der Waals surface area contributed by atoms with E-state index in [-0.39, 0.29) is 0 Å². The van der Waals surface area contributed by atoms with Crippen LogP contribution in [0.15, 0.2) is 34.2 Å². The van der Waals surface area contributed by atoms with E-state index < -0.39 is 0 Å². The molecule has 1 aliphatic heterocycles. The van der Waals surface area contributed by atoms with E-state index >= 15 is 0 Å². The molecule has 0 amide bonds. The molecule has 0 saturated heterocycles. The van der Waals surface area contributed by atoms with Crippen LogP contribution in [0.2, 0.25) is 0 Å². The van der Waals surface area contributed by atoms with Crippen LogP contribution in [-0.2, 0) is 0 Å². The van der Waals surface area contributed by atoms with Gasteiger partial charge in [0, 0.05) is 24.8 Å². The Kier molecular flexibility index (Phi) is 6.51. The van der Waals surface area contributed by atoms with Gasteiger partial charge in [0.05, 0.1) is 0 Å². The molecule has 0 unspecified atom stereocenters. The summed E-state index contributed by atoms with van der Waals surface area (Å²) in [5.74, 6) is 0. The molecule has 0 atom stereocenters. The Morgan fingerprint density at radius 1 is 1.62 bits per heavy atom. The first-order valence-corrected chi connectivity index (χ1v) is 4.39. The summed E-state index contributed by atoms with van der Waals surface area (Å²) in [5.41, 5.74) is 1.14. The number of rotatable bonds is 2. The number of hydrogen-bond donors (Lipinski definition) is 0. The van der Waals surface area contributed by atoms with Gasteiger partial charge in [0.1, 0.15) is 6.67 Å². The monoisotopic (exact) mass is 179 g/mol. The van der Waals surface area contributed by atoms with Gasteiger partial charge in [0.15, 0.2) is 0 Å². The van der Waals surface area contributed by atoms with Crippen LogP contribution >= 0.6 is 0 Å². The second kappa shape index (κ2) is 7.28. The van der Waals surface area contributed by atoms with Crippen molar-refractivity contribution < 1.29 is 0 Å². The van der Waals surface area contributed by atoms with E-state index in [9.17, 15) is 0 Å². The second-order valence-electron chi connectivity index (χ2n) is 2.32. The van der Waals surface area contributed by atoms with Crippen LogP contribution in [0.3, 0.4) is 0 Å². The smallest absolute Gasteiger partial charge is 0.113 e. The van der Waals surface area contributed by atoms with Gasteiger partial charge in [-0.3, -0.25) is 9.98 Å². The standard InChI is InChI=1S/C8H11N3.C2H6/c1-8-5-10-7-11(6-8)4-3-9-2;1-2/h3-6H,2,7H2,1H3;1-2H3/b4-3-;. The maximum Gasteiger partial charge on any atom is 0.113 e. The summed E-state index contributed by atoms with van der Waals surface area (Å²) in [6.07, 6.45) is 7.35. The first-order valence-electron chi connectivity index (χ1n) is 4.39. The maximum atomic E-state index is 4.11. The summed E-state index contributed by atoms with van der Waals surface area (Å²) in [7, 11) is 0. The van der Waals surface area contributed by atoms with Gasteiger partial charge in [0.25, 0.3) is 0 Å². The molecule has 0 aliphatic carbocycles. The third-order valence-electron chi connectivity index (χ3n) is 1.27. The molecule has 0 radical (unpaired) electrons. The molecule has 1 rings (SSSR count). The molecule has 72 valence electrons. The zero-order valence-corrected chi connectivity index (χ0v) is 8.57. The number of allylic oxidation sites excluding steroid dienone is 1. The van der Waals surface area contributed by atoms with E-state index in [1.807, 2.05) is 44.3 Å². The maximum absolute atomic E-state index is 4.11. The van der Waals surface area contributed by atoms with Crippen molar-refractivity contribution in [3.05, 3.63) is 24.2 Å². The van der Waals surface area contributed by atoms with Crippen molar-refractivity contribution in [3.63, 3.8) is 0 Å². The lowest BCUT2D eigenvalue weighted by Crippen LogP contribution is -2.13. The van der Waals surface area contributed by atoms with Crippen LogP contribution < -0.4 is 0 Å². The number of nitrogens with zero attached hydrogens (tertiary/aromatic N) is 3. The molecule has 3 heteroatoms. The molecular formula is C10H17N3. The molecule has 0 aromatic heterocycles. The molecule has 0 saturated carbocycles. The van der Waals surface area contributed by atoms with Gasteiger partial charge >= 0.3 is 0 Å². The molecule has 0 spiro atoms. The lowest BCUT2D eigenvalue weighted by atomic mass is 10.3. The highest BCUT2D eigenvalue weighted by atomic mass is 15.2. The first kappa shape index (κ1) is 11.6. The Labute approximate surface area is 80.2 Å². The molecule has 0 N–H and O–H groups in total. The zero-order valence-electron chi connectivity index (χ0n) is 8.57. The predicted molar refractivity (Wildman–Crippen MR) is 59.0 cm³/mol. The first-order chi connectivity index (χ1) is 6.33. The highest BCUT2D eigenvalue weighted by molar-refractivity contribution is 5.78. The van der Waals surface area contributed by atoms with Crippen LogP contribution in [0, 0.1) is 0 Å². The quantitative estimate of drug-likeness (QED) is 0.598. The molecule has 0 aromatic carbocycles. The minimum atomic E-state index is 0.670. The van der Waals surface area contributed by atoms with Gasteiger partial charge in [-0.1, -0.05) is 13.8 Å². The lowest BCUT2D eigenvalue weighted by Gasteiger charge is -2.15. The van der Waals surface area contributed by atoms with E-state index in [0.717, 1.165) is 5.57 Å². The van der Waals surface area contributed by atoms with Gasteiger partial charge < -0.3 is 4.90 Å². The summed E-state index contributed by atoms with van der Waals surface area (Å²) >= 11 is 0. The fourth-order valence-electron chi connectivity index (χ4n) is 0.838. The van der Waals surface area contributed by atoms with E-state index in [1.54, 1.807) is 6.20 Å². The van der Waals surface area contributed by atoms with Crippen LogP contribution in [0.1, 0.15) is 20.8 Å². The van der Waals surface area contributed by atoms with Crippen molar-refractivity contribution in [2.45, 2.75) is 20.8 Å². The molecular weight excluding hydrogens is 162 g/mol. The van der Waals surface area contributed by atoms with Crippen molar-refractivity contribution in [1.29, 1.82) is 0 Å². The summed E-state index contributed by atoms with van der Waals surface area (Å²) in [5, 5.41) is 0. The van der Waals surface area contributed by atoms with Crippen LogP contribution in [0.4, 0.5) is 0 Å². The van der Waals surface area contributed by atoms with Gasteiger partial charge in [0.2, 0.25) is 0 Å². The van der Waals surface area contributed by atoms with Crippen molar-refractivity contribution in [1.82, 2.24) is 4.90 Å². The minimum absolute atomic E-state index is 0.670. The average Bonchev–Trinajstić information content (AvgIpc) is 2.18. The Bertz CT molecular complexity index is 226. The largest absolute Gasteiger partial charge is 0.333 e. The van der Waals surface area contributed by atoms with Crippen molar-refractivity contribution >= 4 is 12.9 Å². The van der Waals surface area contributed by atoms with E-state index in [1.165, 1.54) is 0 Å². The van der Waals surface area contributed by atoms with E-state index in [0.29, 0.717) is 6.67 Å². The number of aliphatic imine (C=N–C) groups is 2. The SMILES string of the molecule is C=N/C=C\N1C=C(C)C=NC1.CC. The molecule has 1 aliphatic rings. The Morgan fingerprint density at radius 3 is 2.85 bits per heavy atom. The van der Waals surface area contributed by atoms with E-state index in [2.05, 4.69) is 16.7 Å². The topological polar surface area (TPSA) is 28.0 Å². The third kappa shape index (κ3) is 4.95. The Morgan fingerprint density at radius 2 is 2.31 bits per heavy atom. The Balaban J connectivity index is 0.000000671. The highest BCUT2D eigenvalue weighted by Crippen LogP contribution is 2.02. The van der Waals surface area contributed by atoms with Crippen LogP contribution in [0.5, 0.6) is 0 Å². The predicted octanol–water partition coefficient (Wildman–Crippen LogP) is 2.43. The number of hydrogen-bond acceptors (Lipinski definition) is 3. The van der Waals surface area contributed by atoms with Crippen LogP contribution in [-0.4, -0.2) is 24.5 Å². The summed E-state index contributed by atoms with van der Waals surface area (Å²) in [6.45, 7) is 10.0. The third-order valence-corrected chi connectivity index (χ3v) is 1.27. The molecule has 0 aromatic rings. The summed E-state index contributed by atoms with van der Waals surface area (Å²) in [4.78, 5) is 9.66. The van der Waals surface area contributed by atoms with Crippen molar-refractivity contribution in [2.75, 3.05) is 6.67 Å². The van der Waals surface area contributed by atoms with Gasteiger partial charge in [-0.2, -0.15) is 0 Å².